The van der Waals surface area contributed by atoms with Gasteiger partial charge in [-0.25, -0.2) is 4.79 Å². The Labute approximate surface area is 240 Å². The fraction of sp³-hybridized carbons (Fsp3) is 0.485. The van der Waals surface area contributed by atoms with Gasteiger partial charge in [-0.3, -0.25) is 9.59 Å². The number of fused-ring (bicyclic) bond motifs is 1. The van der Waals surface area contributed by atoms with Crippen LogP contribution in [0.25, 0.3) is 0 Å². The SMILES string of the molecule is CC(C)=CCc1c(O)c(CC=C(C)C)c2c(c1O)C(=O)C1=CC3CC4C(C)(C)OC(CC=C(C)C(=O)O)(C3=O)C14O2. The average Bonchev–Trinajstić information content (AvgIpc) is 3.03. The second-order valence-electron chi connectivity index (χ2n) is 12.8. The molecule has 1 saturated carbocycles. The van der Waals surface area contributed by atoms with Crippen molar-refractivity contribution in [1.82, 2.24) is 0 Å². The third-order valence-electron chi connectivity index (χ3n) is 9.15. The van der Waals surface area contributed by atoms with E-state index in [4.69, 9.17) is 9.47 Å². The number of hydrogen-bond acceptors (Lipinski definition) is 7. The number of Topliss-reactive ketones (excluding diaryl/α,β-unsaturated/α-hetero) is 2. The van der Waals surface area contributed by atoms with Gasteiger partial charge in [0.1, 0.15) is 22.8 Å². The number of benzene rings is 1. The molecule has 2 heterocycles. The van der Waals surface area contributed by atoms with E-state index in [1.54, 1.807) is 6.08 Å². The summed E-state index contributed by atoms with van der Waals surface area (Å²) >= 11 is 0. The summed E-state index contributed by atoms with van der Waals surface area (Å²) in [6.45, 7) is 12.8. The molecule has 0 amide bonds. The van der Waals surface area contributed by atoms with Crippen molar-refractivity contribution >= 4 is 17.5 Å². The van der Waals surface area contributed by atoms with E-state index in [-0.39, 0.29) is 64.6 Å². The number of carboxylic acid groups (broad SMARTS) is 1. The predicted octanol–water partition coefficient (Wildman–Crippen LogP) is 5.54. The van der Waals surface area contributed by atoms with E-state index in [0.717, 1.165) is 11.1 Å². The summed E-state index contributed by atoms with van der Waals surface area (Å²) in [6.07, 6.45) is 7.63. The van der Waals surface area contributed by atoms with Gasteiger partial charge in [0.05, 0.1) is 5.60 Å². The van der Waals surface area contributed by atoms with Crippen LogP contribution in [0.3, 0.4) is 0 Å². The lowest BCUT2D eigenvalue weighted by Gasteiger charge is -2.56. The minimum atomic E-state index is -1.65. The van der Waals surface area contributed by atoms with Crippen LogP contribution in [-0.4, -0.2) is 49.7 Å². The highest BCUT2D eigenvalue weighted by atomic mass is 16.6. The molecule has 8 nitrogen and oxygen atoms in total. The standard InChI is InChI=1S/C33H38O8/c1-16(2)8-10-20-25(34)21(11-9-17(3)4)28-24(26(20)35)27(36)22-14-19-15-23-31(6,7)41-32(29(19)37,33(22,23)40-28)13-12-18(5)30(38)39/h8-9,12,14,19,23,34-35H,10-11,13,15H2,1-7H3,(H,38,39). The third-order valence-corrected chi connectivity index (χ3v) is 9.15. The predicted molar refractivity (Wildman–Crippen MR) is 152 cm³/mol. The van der Waals surface area contributed by atoms with E-state index in [0.29, 0.717) is 12.0 Å². The number of phenolic OH excluding ortho intramolecular Hbond substituents is 2. The summed E-state index contributed by atoms with van der Waals surface area (Å²) in [5.74, 6) is -3.32. The van der Waals surface area contributed by atoms with Gasteiger partial charge in [-0.05, 0) is 67.7 Å². The van der Waals surface area contributed by atoms with Crippen LogP contribution in [-0.2, 0) is 27.2 Å². The van der Waals surface area contributed by atoms with Crippen molar-refractivity contribution in [3.8, 4) is 17.2 Å². The number of aliphatic carboxylic acids is 1. The molecule has 1 aromatic rings. The Kier molecular flexibility index (Phi) is 6.65. The molecule has 1 spiro atoms. The lowest BCUT2D eigenvalue weighted by atomic mass is 9.51. The molecule has 1 saturated heterocycles. The topological polar surface area (TPSA) is 130 Å². The van der Waals surface area contributed by atoms with Crippen LogP contribution in [0.1, 0.15) is 82.8 Å². The molecule has 6 rings (SSSR count). The number of carboxylic acids is 1. The zero-order chi connectivity index (χ0) is 30.2. The normalized spacial score (nSPS) is 28.9. The molecule has 41 heavy (non-hydrogen) atoms. The van der Waals surface area contributed by atoms with Crippen molar-refractivity contribution in [2.24, 2.45) is 11.8 Å². The van der Waals surface area contributed by atoms with E-state index < -0.39 is 40.4 Å². The maximum atomic E-state index is 14.5. The molecular weight excluding hydrogens is 524 g/mol. The minimum Gasteiger partial charge on any atom is -0.507 e. The van der Waals surface area contributed by atoms with Gasteiger partial charge in [0, 0.05) is 40.5 Å². The first-order valence-electron chi connectivity index (χ1n) is 14.1. The zero-order valence-electron chi connectivity index (χ0n) is 24.7. The fourth-order valence-electron chi connectivity index (χ4n) is 7.14. The lowest BCUT2D eigenvalue weighted by Crippen LogP contribution is -2.72. The van der Waals surface area contributed by atoms with Crippen LogP contribution in [0, 0.1) is 11.8 Å². The second-order valence-corrected chi connectivity index (χ2v) is 12.8. The van der Waals surface area contributed by atoms with Crippen molar-refractivity contribution in [3.63, 3.8) is 0 Å². The van der Waals surface area contributed by atoms with Crippen LogP contribution in [0.4, 0.5) is 0 Å². The van der Waals surface area contributed by atoms with Crippen molar-refractivity contribution in [1.29, 1.82) is 0 Å². The summed E-state index contributed by atoms with van der Waals surface area (Å²) in [6, 6.07) is 0. The number of ketones is 2. The van der Waals surface area contributed by atoms with Crippen LogP contribution in [0.2, 0.25) is 0 Å². The van der Waals surface area contributed by atoms with Gasteiger partial charge in [-0.1, -0.05) is 35.5 Å². The molecule has 5 aliphatic rings. The number of allylic oxidation sites excluding steroid dienone is 5. The number of rotatable bonds is 7. The highest BCUT2D eigenvalue weighted by molar-refractivity contribution is 6.18. The Hall–Kier alpha value is -3.65. The largest absolute Gasteiger partial charge is 0.507 e. The first-order chi connectivity index (χ1) is 19.1. The van der Waals surface area contributed by atoms with Crippen molar-refractivity contribution in [2.45, 2.75) is 91.0 Å². The van der Waals surface area contributed by atoms with E-state index in [2.05, 4.69) is 0 Å². The number of carbonyl (C=O) groups is 3. The number of ether oxygens (including phenoxy) is 2. The van der Waals surface area contributed by atoms with Gasteiger partial charge in [0.15, 0.2) is 22.8 Å². The third kappa shape index (κ3) is 3.94. The smallest absolute Gasteiger partial charge is 0.330 e. The maximum Gasteiger partial charge on any atom is 0.330 e. The molecule has 2 aliphatic heterocycles. The quantitative estimate of drug-likeness (QED) is 0.292. The summed E-state index contributed by atoms with van der Waals surface area (Å²) < 4.78 is 13.5. The van der Waals surface area contributed by atoms with Crippen LogP contribution >= 0.6 is 0 Å². The molecule has 1 aromatic carbocycles. The van der Waals surface area contributed by atoms with Gasteiger partial charge in [-0.15, -0.1) is 0 Å². The molecule has 4 atom stereocenters. The molecule has 0 radical (unpaired) electrons. The maximum absolute atomic E-state index is 14.5. The van der Waals surface area contributed by atoms with Gasteiger partial charge in [-0.2, -0.15) is 0 Å². The summed E-state index contributed by atoms with van der Waals surface area (Å²) in [5, 5.41) is 32.5. The van der Waals surface area contributed by atoms with Gasteiger partial charge in [0.25, 0.3) is 0 Å². The van der Waals surface area contributed by atoms with E-state index in [1.165, 1.54) is 13.0 Å². The van der Waals surface area contributed by atoms with E-state index in [1.807, 2.05) is 53.7 Å². The van der Waals surface area contributed by atoms with Crippen molar-refractivity contribution in [2.75, 3.05) is 0 Å². The lowest BCUT2D eigenvalue weighted by molar-refractivity contribution is -0.171. The van der Waals surface area contributed by atoms with E-state index in [9.17, 15) is 29.7 Å². The van der Waals surface area contributed by atoms with Crippen LogP contribution in [0.5, 0.6) is 17.2 Å². The number of aromatic hydroxyl groups is 2. The number of phenols is 2. The number of carbonyl (C=O) groups excluding carboxylic acids is 2. The summed E-state index contributed by atoms with van der Waals surface area (Å²) in [4.78, 5) is 40.2. The number of hydrogen-bond donors (Lipinski definition) is 3. The molecule has 3 aliphatic carbocycles. The highest BCUT2D eigenvalue weighted by Gasteiger charge is 2.81. The minimum absolute atomic E-state index is 0.0291. The second kappa shape index (κ2) is 9.44. The molecular formula is C33H38O8. The van der Waals surface area contributed by atoms with E-state index >= 15 is 0 Å². The van der Waals surface area contributed by atoms with Gasteiger partial charge < -0.3 is 24.8 Å². The first kappa shape index (κ1) is 28.9. The summed E-state index contributed by atoms with van der Waals surface area (Å²) in [5.41, 5.74) is -1.27. The average molecular weight is 563 g/mol. The zero-order valence-corrected chi connectivity index (χ0v) is 24.7. The highest BCUT2D eigenvalue weighted by Crippen LogP contribution is 2.68. The Morgan fingerprint density at radius 1 is 0.976 bits per heavy atom. The Balaban J connectivity index is 1.81. The Bertz CT molecular complexity index is 1510. The van der Waals surface area contributed by atoms with Crippen molar-refractivity contribution in [3.05, 3.63) is 63.3 Å². The molecule has 2 fully saturated rings. The molecule has 4 bridgehead atoms. The molecule has 0 aromatic heterocycles. The monoisotopic (exact) mass is 562 g/mol. The van der Waals surface area contributed by atoms with Crippen LogP contribution < -0.4 is 4.74 Å². The Morgan fingerprint density at radius 2 is 1.59 bits per heavy atom. The van der Waals surface area contributed by atoms with Gasteiger partial charge in [0.2, 0.25) is 0 Å². The van der Waals surface area contributed by atoms with Crippen molar-refractivity contribution < 1.29 is 39.2 Å². The first-order valence-corrected chi connectivity index (χ1v) is 14.1. The molecule has 218 valence electrons. The van der Waals surface area contributed by atoms with Crippen LogP contribution in [0.15, 0.2) is 46.6 Å². The molecule has 8 heteroatoms. The molecule has 3 N–H and O–H groups in total. The summed E-state index contributed by atoms with van der Waals surface area (Å²) in [7, 11) is 0. The van der Waals surface area contributed by atoms with Gasteiger partial charge >= 0.3 is 5.97 Å². The molecule has 4 unspecified atom stereocenters. The fourth-order valence-corrected chi connectivity index (χ4v) is 7.14. The Morgan fingerprint density at radius 3 is 2.17 bits per heavy atom.